The van der Waals surface area contributed by atoms with E-state index >= 15 is 0 Å². The van der Waals surface area contributed by atoms with Crippen molar-refractivity contribution >= 4 is 5.97 Å². The topological polar surface area (TPSA) is 52.6 Å². The van der Waals surface area contributed by atoms with Gasteiger partial charge in [0.2, 0.25) is 0 Å². The zero-order valence-electron chi connectivity index (χ0n) is 9.42. The van der Waals surface area contributed by atoms with Gasteiger partial charge >= 0.3 is 5.97 Å². The minimum Gasteiger partial charge on any atom is -0.480 e. The van der Waals surface area contributed by atoms with Crippen LogP contribution in [0.25, 0.3) is 0 Å². The highest BCUT2D eigenvalue weighted by atomic mass is 16.4. The van der Waals surface area contributed by atoms with Crippen molar-refractivity contribution in [2.45, 2.75) is 32.7 Å². The fourth-order valence-corrected chi connectivity index (χ4v) is 1.33. The third-order valence-electron chi connectivity index (χ3n) is 2.04. The first-order valence-corrected chi connectivity index (χ1v) is 5.26. The highest BCUT2D eigenvalue weighted by Crippen LogP contribution is 1.92. The molecule has 0 aliphatic heterocycles. The Hall–Kier alpha value is -0.610. The van der Waals surface area contributed by atoms with Gasteiger partial charge in [0.25, 0.3) is 0 Å². The van der Waals surface area contributed by atoms with Crippen molar-refractivity contribution < 1.29 is 9.90 Å². The van der Waals surface area contributed by atoms with E-state index in [-0.39, 0.29) is 0 Å². The molecule has 0 aromatic rings. The van der Waals surface area contributed by atoms with Gasteiger partial charge in [-0.15, -0.1) is 0 Å². The molecule has 0 bridgehead atoms. The molecular weight excluding hydrogens is 180 g/mol. The van der Waals surface area contributed by atoms with Crippen LogP contribution in [0.3, 0.4) is 0 Å². The fourth-order valence-electron chi connectivity index (χ4n) is 1.33. The molecule has 0 heterocycles. The van der Waals surface area contributed by atoms with Gasteiger partial charge in [0.1, 0.15) is 6.04 Å². The molecule has 0 aliphatic carbocycles. The number of nitrogens with zero attached hydrogens (tertiary/aromatic N) is 1. The lowest BCUT2D eigenvalue weighted by Crippen LogP contribution is -2.45. The molecule has 0 amide bonds. The van der Waals surface area contributed by atoms with E-state index in [1.54, 1.807) is 0 Å². The summed E-state index contributed by atoms with van der Waals surface area (Å²) in [6.07, 6.45) is 2.01. The maximum absolute atomic E-state index is 10.9. The predicted octanol–water partition coefficient (Wildman–Crippen LogP) is 0.781. The molecule has 0 saturated carbocycles. The zero-order valence-corrected chi connectivity index (χ0v) is 9.42. The van der Waals surface area contributed by atoms with Crippen LogP contribution in [-0.2, 0) is 4.79 Å². The number of rotatable bonds is 8. The van der Waals surface area contributed by atoms with Gasteiger partial charge in [0.15, 0.2) is 0 Å². The molecule has 84 valence electrons. The molecule has 0 spiro atoms. The summed E-state index contributed by atoms with van der Waals surface area (Å²) in [5.41, 5.74) is 0. The summed E-state index contributed by atoms with van der Waals surface area (Å²) in [7, 11) is 1.95. The van der Waals surface area contributed by atoms with E-state index in [1.165, 1.54) is 0 Å². The normalized spacial score (nSPS) is 13.1. The molecule has 4 heteroatoms. The monoisotopic (exact) mass is 202 g/mol. The minimum atomic E-state index is -0.763. The van der Waals surface area contributed by atoms with Gasteiger partial charge in [-0.1, -0.05) is 13.8 Å². The first-order chi connectivity index (χ1) is 6.61. The maximum Gasteiger partial charge on any atom is 0.322 e. The van der Waals surface area contributed by atoms with Crippen LogP contribution in [0, 0.1) is 0 Å². The summed E-state index contributed by atoms with van der Waals surface area (Å²) < 4.78 is 0. The van der Waals surface area contributed by atoms with Crippen molar-refractivity contribution in [2.24, 2.45) is 0 Å². The van der Waals surface area contributed by atoms with E-state index in [9.17, 15) is 4.79 Å². The van der Waals surface area contributed by atoms with E-state index in [1.807, 2.05) is 18.9 Å². The average molecular weight is 202 g/mol. The van der Waals surface area contributed by atoms with Crippen molar-refractivity contribution in [1.29, 1.82) is 0 Å². The van der Waals surface area contributed by atoms with Crippen LogP contribution in [0.5, 0.6) is 0 Å². The Morgan fingerprint density at radius 3 is 2.50 bits per heavy atom. The number of aliphatic carboxylic acids is 1. The van der Waals surface area contributed by atoms with E-state index in [4.69, 9.17) is 5.11 Å². The molecule has 0 aromatic heterocycles. The zero-order chi connectivity index (χ0) is 11.0. The second-order valence-corrected chi connectivity index (χ2v) is 3.61. The van der Waals surface area contributed by atoms with Gasteiger partial charge in [-0.05, 0) is 33.0 Å². The number of likely N-dealkylation sites (N-methyl/N-ethyl adjacent to an activating group) is 1. The highest BCUT2D eigenvalue weighted by molar-refractivity contribution is 5.73. The molecule has 1 unspecified atom stereocenters. The van der Waals surface area contributed by atoms with Crippen LogP contribution in [0.1, 0.15) is 26.7 Å². The second kappa shape index (κ2) is 7.76. The smallest absolute Gasteiger partial charge is 0.322 e. The molecule has 0 saturated heterocycles. The Bertz CT molecular complexity index is 162. The molecule has 2 N–H and O–H groups in total. The largest absolute Gasteiger partial charge is 0.480 e. The Morgan fingerprint density at radius 2 is 2.07 bits per heavy atom. The van der Waals surface area contributed by atoms with E-state index < -0.39 is 12.0 Å². The number of carbonyl (C=O) groups is 1. The van der Waals surface area contributed by atoms with Crippen molar-refractivity contribution in [3.63, 3.8) is 0 Å². The molecule has 1 atom stereocenters. The summed E-state index contributed by atoms with van der Waals surface area (Å²) in [6, 6.07) is -0.438. The molecule has 14 heavy (non-hydrogen) atoms. The number of carboxylic acids is 1. The lowest BCUT2D eigenvalue weighted by Gasteiger charge is -2.21. The number of nitrogens with one attached hydrogen (secondary N) is 1. The third-order valence-corrected chi connectivity index (χ3v) is 2.04. The first-order valence-electron chi connectivity index (χ1n) is 5.26. The van der Waals surface area contributed by atoms with Crippen LogP contribution in [0.2, 0.25) is 0 Å². The van der Waals surface area contributed by atoms with Gasteiger partial charge < -0.3 is 15.3 Å². The number of hydrogen-bond donors (Lipinski definition) is 2. The Kier molecular flexibility index (Phi) is 7.42. The van der Waals surface area contributed by atoms with Crippen molar-refractivity contribution in [1.82, 2.24) is 10.2 Å². The third kappa shape index (κ3) is 5.94. The minimum absolute atomic E-state index is 0.438. The second-order valence-electron chi connectivity index (χ2n) is 3.61. The molecule has 0 rings (SSSR count). The van der Waals surface area contributed by atoms with Crippen molar-refractivity contribution in [3.8, 4) is 0 Å². The van der Waals surface area contributed by atoms with Gasteiger partial charge in [-0.2, -0.15) is 0 Å². The van der Waals surface area contributed by atoms with Crippen LogP contribution >= 0.6 is 0 Å². The van der Waals surface area contributed by atoms with Crippen LogP contribution < -0.4 is 5.32 Å². The Labute approximate surface area is 86.3 Å². The van der Waals surface area contributed by atoms with E-state index in [0.29, 0.717) is 6.54 Å². The number of carboxylic acid groups (broad SMARTS) is 1. The summed E-state index contributed by atoms with van der Waals surface area (Å²) in [6.45, 7) is 6.39. The highest BCUT2D eigenvalue weighted by Gasteiger charge is 2.17. The lowest BCUT2D eigenvalue weighted by molar-refractivity contribution is -0.139. The van der Waals surface area contributed by atoms with Gasteiger partial charge in [0, 0.05) is 6.54 Å². The lowest BCUT2D eigenvalue weighted by atomic mass is 10.2. The van der Waals surface area contributed by atoms with Crippen LogP contribution in [0.15, 0.2) is 0 Å². The number of hydrogen-bond acceptors (Lipinski definition) is 3. The summed E-state index contributed by atoms with van der Waals surface area (Å²) >= 11 is 0. The standard InChI is InChI=1S/C10H22N2O2/c1-4-6-11-9(10(13)14)8-12(3)7-5-2/h9,11H,4-8H2,1-3H3,(H,13,14). The molecule has 0 fully saturated rings. The fraction of sp³-hybridized carbons (Fsp3) is 0.900. The van der Waals surface area contributed by atoms with Crippen molar-refractivity contribution in [2.75, 3.05) is 26.7 Å². The van der Waals surface area contributed by atoms with E-state index in [2.05, 4.69) is 12.2 Å². The molecule has 0 aliphatic rings. The van der Waals surface area contributed by atoms with Gasteiger partial charge in [-0.25, -0.2) is 0 Å². The van der Waals surface area contributed by atoms with Gasteiger partial charge in [-0.3, -0.25) is 4.79 Å². The SMILES string of the molecule is CCCNC(CN(C)CCC)C(=O)O. The molecule has 0 radical (unpaired) electrons. The molecular formula is C10H22N2O2. The van der Waals surface area contributed by atoms with Crippen molar-refractivity contribution in [3.05, 3.63) is 0 Å². The first kappa shape index (κ1) is 13.4. The summed E-state index contributed by atoms with van der Waals surface area (Å²) in [5, 5.41) is 11.9. The van der Waals surface area contributed by atoms with Crippen LogP contribution in [0.4, 0.5) is 0 Å². The van der Waals surface area contributed by atoms with Crippen LogP contribution in [-0.4, -0.2) is 48.7 Å². The molecule has 0 aromatic carbocycles. The summed E-state index contributed by atoms with van der Waals surface area (Å²) in [4.78, 5) is 12.9. The molecule has 4 nitrogen and oxygen atoms in total. The Morgan fingerprint density at radius 1 is 1.43 bits per heavy atom. The van der Waals surface area contributed by atoms with E-state index in [0.717, 1.165) is 25.9 Å². The quantitative estimate of drug-likeness (QED) is 0.611. The Balaban J connectivity index is 3.89. The predicted molar refractivity (Wildman–Crippen MR) is 57.5 cm³/mol. The maximum atomic E-state index is 10.9. The van der Waals surface area contributed by atoms with Gasteiger partial charge in [0.05, 0.1) is 0 Å². The summed E-state index contributed by atoms with van der Waals surface area (Å²) in [5.74, 6) is -0.763. The average Bonchev–Trinajstić information content (AvgIpc) is 2.12.